The predicted octanol–water partition coefficient (Wildman–Crippen LogP) is 6.54. The van der Waals surface area contributed by atoms with Gasteiger partial charge in [0, 0.05) is 21.4 Å². The average molecular weight is 572 g/mol. The van der Waals surface area contributed by atoms with Crippen LogP contribution < -0.4 is 19.6 Å². The second-order valence-electron chi connectivity index (χ2n) is 10.3. The summed E-state index contributed by atoms with van der Waals surface area (Å²) in [6, 6.07) is 28.8. The van der Waals surface area contributed by atoms with E-state index in [9.17, 15) is 4.79 Å². The number of nitrogens with one attached hydrogen (secondary N) is 1. The van der Waals surface area contributed by atoms with Crippen molar-refractivity contribution in [3.63, 3.8) is 0 Å². The summed E-state index contributed by atoms with van der Waals surface area (Å²) in [6.07, 6.45) is 3.88. The van der Waals surface area contributed by atoms with Crippen molar-refractivity contribution in [1.29, 1.82) is 0 Å². The molecule has 0 fully saturated rings. The number of methoxy groups -OCH3 is 1. The molecular weight excluding hydrogens is 547 g/mol. The Kier molecular flexibility index (Phi) is 5.69. The monoisotopic (exact) mass is 571 g/mol. The van der Waals surface area contributed by atoms with Crippen molar-refractivity contribution in [3.8, 4) is 17.0 Å². The molecule has 3 aromatic heterocycles. The van der Waals surface area contributed by atoms with E-state index in [1.807, 2.05) is 41.0 Å². The topological polar surface area (TPSA) is 59.4 Å². The Morgan fingerprint density at radius 2 is 1.83 bits per heavy atom. The maximum absolute atomic E-state index is 14.3. The van der Waals surface area contributed by atoms with Crippen LogP contribution in [0, 0.1) is 0 Å². The lowest BCUT2D eigenvalue weighted by molar-refractivity contribution is 0.419. The summed E-state index contributed by atoms with van der Waals surface area (Å²) < 4.78 is 8.27. The zero-order valence-electron chi connectivity index (χ0n) is 22.3. The lowest BCUT2D eigenvalue weighted by atomic mass is 9.85. The smallest absolute Gasteiger partial charge is 0.271 e. The van der Waals surface area contributed by atoms with Crippen molar-refractivity contribution in [2.45, 2.75) is 18.9 Å². The highest BCUT2D eigenvalue weighted by atomic mass is 32.1. The molecule has 1 atom stereocenters. The van der Waals surface area contributed by atoms with Crippen LogP contribution in [0.5, 0.6) is 5.75 Å². The van der Waals surface area contributed by atoms with E-state index in [-0.39, 0.29) is 11.6 Å². The number of para-hydroxylation sites is 1. The molecule has 6 aromatic rings. The van der Waals surface area contributed by atoms with E-state index < -0.39 is 0 Å². The van der Waals surface area contributed by atoms with Crippen LogP contribution in [0.15, 0.2) is 106 Å². The van der Waals surface area contributed by atoms with Crippen LogP contribution in [0.4, 0.5) is 0 Å². The van der Waals surface area contributed by atoms with Crippen molar-refractivity contribution in [3.05, 3.63) is 137 Å². The van der Waals surface area contributed by atoms with Crippen LogP contribution in [-0.4, -0.2) is 16.7 Å². The molecule has 1 aliphatic heterocycles. The summed E-state index contributed by atoms with van der Waals surface area (Å²) in [5.41, 5.74) is 8.64. The largest absolute Gasteiger partial charge is 0.495 e. The minimum absolute atomic E-state index is 0.00573. The van der Waals surface area contributed by atoms with Gasteiger partial charge in [-0.2, -0.15) is 0 Å². The van der Waals surface area contributed by atoms with Crippen LogP contribution in [0.2, 0.25) is 0 Å². The van der Waals surface area contributed by atoms with E-state index in [1.165, 1.54) is 32.9 Å². The van der Waals surface area contributed by atoms with Crippen molar-refractivity contribution >= 4 is 45.3 Å². The maximum Gasteiger partial charge on any atom is 0.271 e. The summed E-state index contributed by atoms with van der Waals surface area (Å²) in [5.74, 6) is 0.768. The summed E-state index contributed by atoms with van der Waals surface area (Å²) in [6.45, 7) is 0. The molecule has 0 saturated heterocycles. The fourth-order valence-corrected chi connectivity index (χ4v) is 8.04. The lowest BCUT2D eigenvalue weighted by Crippen LogP contribution is -2.38. The highest BCUT2D eigenvalue weighted by Gasteiger charge is 2.33. The summed E-state index contributed by atoms with van der Waals surface area (Å²) in [5, 5.41) is 3.10. The molecule has 41 heavy (non-hydrogen) atoms. The van der Waals surface area contributed by atoms with Crippen LogP contribution in [0.25, 0.3) is 33.9 Å². The number of ether oxygens (including phenoxy) is 1. The number of hydrogen-bond acceptors (Lipinski definition) is 5. The fraction of sp³-hybridized carbons (Fsp3) is 0.118. The minimum Gasteiger partial charge on any atom is -0.495 e. The Bertz CT molecular complexity index is 2170. The van der Waals surface area contributed by atoms with Crippen molar-refractivity contribution in [1.82, 2.24) is 9.55 Å². The number of hydrogen-bond donors (Lipinski definition) is 1. The summed E-state index contributed by atoms with van der Waals surface area (Å²) in [7, 11) is 1.68. The van der Waals surface area contributed by atoms with Crippen molar-refractivity contribution in [2.24, 2.45) is 4.99 Å². The van der Waals surface area contributed by atoms with Gasteiger partial charge in [0.2, 0.25) is 0 Å². The van der Waals surface area contributed by atoms with Gasteiger partial charge in [-0.15, -0.1) is 11.3 Å². The highest BCUT2D eigenvalue weighted by molar-refractivity contribution is 7.10. The Labute approximate surface area is 244 Å². The first-order chi connectivity index (χ1) is 20.2. The molecule has 5 nitrogen and oxygen atoms in total. The van der Waals surface area contributed by atoms with E-state index in [0.717, 1.165) is 56.8 Å². The third kappa shape index (κ3) is 3.80. The summed E-state index contributed by atoms with van der Waals surface area (Å²) >= 11 is 3.17. The van der Waals surface area contributed by atoms with Gasteiger partial charge in [0.25, 0.3) is 5.56 Å². The number of aromatic amines is 1. The van der Waals surface area contributed by atoms with Gasteiger partial charge in [0.15, 0.2) is 4.80 Å². The number of thiazole rings is 1. The molecule has 200 valence electrons. The van der Waals surface area contributed by atoms with Gasteiger partial charge < -0.3 is 9.72 Å². The Balaban J connectivity index is 1.41. The molecular formula is C34H25N3O2S2. The molecule has 3 aromatic carbocycles. The minimum atomic E-state index is -0.145. The molecule has 0 bridgehead atoms. The number of thiophene rings is 1. The highest BCUT2D eigenvalue weighted by Crippen LogP contribution is 2.42. The number of nitrogens with zero attached hydrogens (tertiary/aromatic N) is 2. The van der Waals surface area contributed by atoms with Gasteiger partial charge in [0.05, 0.1) is 34.6 Å². The van der Waals surface area contributed by atoms with E-state index in [2.05, 4.69) is 65.0 Å². The molecule has 8 rings (SSSR count). The van der Waals surface area contributed by atoms with Crippen molar-refractivity contribution < 1.29 is 4.74 Å². The number of rotatable bonds is 4. The molecule has 1 aliphatic carbocycles. The number of benzene rings is 3. The second-order valence-corrected chi connectivity index (χ2v) is 12.3. The van der Waals surface area contributed by atoms with E-state index in [1.54, 1.807) is 18.4 Å². The molecule has 0 saturated carbocycles. The first kappa shape index (κ1) is 24.3. The third-order valence-corrected chi connectivity index (χ3v) is 9.99. The first-order valence-electron chi connectivity index (χ1n) is 13.6. The van der Waals surface area contributed by atoms with Gasteiger partial charge in [-0.25, -0.2) is 4.99 Å². The number of aromatic nitrogens is 2. The molecule has 2 aliphatic rings. The van der Waals surface area contributed by atoms with Crippen LogP contribution in [0.3, 0.4) is 0 Å². The van der Waals surface area contributed by atoms with Crippen LogP contribution >= 0.6 is 22.7 Å². The van der Waals surface area contributed by atoms with Gasteiger partial charge in [-0.1, -0.05) is 84.1 Å². The van der Waals surface area contributed by atoms with E-state index in [0.29, 0.717) is 4.53 Å². The second kappa shape index (κ2) is 9.58. The molecule has 0 spiro atoms. The van der Waals surface area contributed by atoms with Gasteiger partial charge >= 0.3 is 0 Å². The average Bonchev–Trinajstić information content (AvgIpc) is 3.75. The Hall–Kier alpha value is -4.46. The summed E-state index contributed by atoms with van der Waals surface area (Å²) in [4.78, 5) is 25.0. The molecule has 0 unspecified atom stereocenters. The van der Waals surface area contributed by atoms with E-state index in [4.69, 9.17) is 9.73 Å². The standard InChI is InChI=1S/C34H25N3O2S2/c1-39-26-14-7-13-23-25(29(35-31(23)26)21-10-3-2-4-11-21)19-28-33(38)37-32(27-15-8-18-40-27)24-17-16-20-9-5-6-12-22(20)30(24)36-34(37)41-28/h2-15,18-19,32,35H,16-17H2,1H3/b28-19+/t32-/m1/s1. The SMILES string of the molecule is COc1cccc2c(/C=c3/sc4n(c3=O)[C@@H](c3cccs3)C3=C(N=4)c4ccccc4CC3)c(-c3ccccc3)[nH]c12. The number of aryl methyl sites for hydroxylation is 1. The molecule has 0 radical (unpaired) electrons. The lowest BCUT2D eigenvalue weighted by Gasteiger charge is -2.30. The van der Waals surface area contributed by atoms with Crippen molar-refractivity contribution in [2.75, 3.05) is 7.11 Å². The number of fused-ring (bicyclic) bond motifs is 4. The molecule has 4 heterocycles. The molecule has 1 N–H and O–H groups in total. The first-order valence-corrected chi connectivity index (χ1v) is 15.3. The van der Waals surface area contributed by atoms with Crippen LogP contribution in [0.1, 0.15) is 34.0 Å². The van der Waals surface area contributed by atoms with Gasteiger partial charge in [-0.05, 0) is 53.1 Å². The number of H-pyrrole nitrogens is 1. The van der Waals surface area contributed by atoms with Gasteiger partial charge in [-0.3, -0.25) is 9.36 Å². The maximum atomic E-state index is 14.3. The third-order valence-electron chi connectivity index (χ3n) is 8.08. The Morgan fingerprint density at radius 3 is 2.66 bits per heavy atom. The molecule has 0 amide bonds. The fourth-order valence-electron chi connectivity index (χ4n) is 6.21. The van der Waals surface area contributed by atoms with E-state index >= 15 is 0 Å². The zero-order valence-corrected chi connectivity index (χ0v) is 23.9. The zero-order chi connectivity index (χ0) is 27.5. The quantitative estimate of drug-likeness (QED) is 0.261. The van der Waals surface area contributed by atoms with Gasteiger partial charge in [0.1, 0.15) is 5.75 Å². The molecule has 7 heteroatoms. The van der Waals surface area contributed by atoms with Crippen LogP contribution in [-0.2, 0) is 6.42 Å². The predicted molar refractivity (Wildman–Crippen MR) is 167 cm³/mol. The number of allylic oxidation sites excluding steroid dienone is 1. The normalized spacial score (nSPS) is 16.3. The Morgan fingerprint density at radius 1 is 0.976 bits per heavy atom.